The van der Waals surface area contributed by atoms with Crippen molar-refractivity contribution in [2.45, 2.75) is 85.1 Å². The van der Waals surface area contributed by atoms with Gasteiger partial charge in [-0.3, -0.25) is 0 Å². The highest BCUT2D eigenvalue weighted by Gasteiger charge is 2.39. The van der Waals surface area contributed by atoms with Gasteiger partial charge in [0.2, 0.25) is 0 Å². The van der Waals surface area contributed by atoms with Crippen LogP contribution in [0.3, 0.4) is 0 Å². The molecule has 0 spiro atoms. The van der Waals surface area contributed by atoms with Crippen LogP contribution in [0.4, 0.5) is 0 Å². The first kappa shape index (κ1) is 25.4. The first-order chi connectivity index (χ1) is 14.5. The van der Waals surface area contributed by atoms with Gasteiger partial charge in [0.05, 0.1) is 6.61 Å². The largest absolute Gasteiger partial charge is 0.501 e. The summed E-state index contributed by atoms with van der Waals surface area (Å²) in [6, 6.07) is 9.59. The molecule has 5 heteroatoms. The lowest BCUT2D eigenvalue weighted by atomic mass is 9.76. The minimum atomic E-state index is -2.56. The molecule has 1 aromatic rings. The van der Waals surface area contributed by atoms with Crippen molar-refractivity contribution in [3.63, 3.8) is 0 Å². The molecular weight excluding hydrogens is 392 g/mol. The fourth-order valence-electron chi connectivity index (χ4n) is 4.71. The SMILES string of the molecule is CCO[Si](CCCOc1ccc([C@H]2CC[C@H](CC(C)C)CC2)cc1)(OCC)OCC. The van der Waals surface area contributed by atoms with E-state index in [0.29, 0.717) is 26.4 Å². The molecule has 2 rings (SSSR count). The average molecular weight is 437 g/mol. The second-order valence-corrected chi connectivity index (χ2v) is 11.6. The Bertz CT molecular complexity index is 550. The molecule has 4 nitrogen and oxygen atoms in total. The molecule has 1 fully saturated rings. The summed E-state index contributed by atoms with van der Waals surface area (Å²) in [5.41, 5.74) is 1.47. The fraction of sp³-hybridized carbons (Fsp3) is 0.760. The van der Waals surface area contributed by atoms with Gasteiger partial charge in [0.25, 0.3) is 0 Å². The lowest BCUT2D eigenvalue weighted by molar-refractivity contribution is 0.0696. The zero-order chi connectivity index (χ0) is 21.8. The lowest BCUT2D eigenvalue weighted by Gasteiger charge is -2.30. The number of hydrogen-bond acceptors (Lipinski definition) is 4. The topological polar surface area (TPSA) is 36.9 Å². The molecule has 0 heterocycles. The van der Waals surface area contributed by atoms with Crippen LogP contribution < -0.4 is 4.74 Å². The Kier molecular flexibility index (Phi) is 11.4. The van der Waals surface area contributed by atoms with Crippen LogP contribution in [-0.4, -0.2) is 35.2 Å². The Hall–Kier alpha value is -0.883. The number of ether oxygens (including phenoxy) is 1. The van der Waals surface area contributed by atoms with Gasteiger partial charge in [0.1, 0.15) is 5.75 Å². The van der Waals surface area contributed by atoms with E-state index in [1.807, 2.05) is 20.8 Å². The third kappa shape index (κ3) is 8.33. The van der Waals surface area contributed by atoms with Crippen LogP contribution in [0, 0.1) is 11.8 Å². The number of hydrogen-bond donors (Lipinski definition) is 0. The van der Waals surface area contributed by atoms with Crippen LogP contribution in [0.25, 0.3) is 0 Å². The molecule has 1 aromatic carbocycles. The van der Waals surface area contributed by atoms with Crippen LogP contribution in [0.2, 0.25) is 6.04 Å². The Labute approximate surface area is 186 Å². The summed E-state index contributed by atoms with van der Waals surface area (Å²) in [5, 5.41) is 0. The van der Waals surface area contributed by atoms with Gasteiger partial charge in [0, 0.05) is 25.9 Å². The first-order valence-corrected chi connectivity index (χ1v) is 14.1. The minimum absolute atomic E-state index is 0.619. The highest BCUT2D eigenvalue weighted by atomic mass is 28.4. The van der Waals surface area contributed by atoms with Crippen LogP contribution in [-0.2, 0) is 13.3 Å². The standard InChI is InChI=1S/C25H44O4Si/c1-6-27-30(28-7-2,29-8-3)19-9-18-26-25-16-14-24(15-17-25)23-12-10-22(11-13-23)20-21(4)5/h14-17,21-23H,6-13,18-20H2,1-5H3/t22-,23-. The molecule has 172 valence electrons. The minimum Gasteiger partial charge on any atom is -0.494 e. The molecule has 0 radical (unpaired) electrons. The molecular formula is C25H44O4Si. The van der Waals surface area contributed by atoms with Gasteiger partial charge >= 0.3 is 8.80 Å². The summed E-state index contributed by atoms with van der Waals surface area (Å²) in [4.78, 5) is 0. The maximum absolute atomic E-state index is 5.99. The zero-order valence-electron chi connectivity index (χ0n) is 20.0. The van der Waals surface area contributed by atoms with Gasteiger partial charge in [0.15, 0.2) is 0 Å². The average Bonchev–Trinajstić information content (AvgIpc) is 2.73. The smallest absolute Gasteiger partial charge is 0.494 e. The second kappa shape index (κ2) is 13.5. The maximum atomic E-state index is 5.99. The summed E-state index contributed by atoms with van der Waals surface area (Å²) in [7, 11) is -2.56. The van der Waals surface area contributed by atoms with Crippen molar-refractivity contribution in [1.29, 1.82) is 0 Å². The molecule has 1 aliphatic carbocycles. The first-order valence-electron chi connectivity index (χ1n) is 12.2. The quantitative estimate of drug-likeness (QED) is 0.237. The Balaban J connectivity index is 1.77. The molecule has 1 aliphatic rings. The van der Waals surface area contributed by atoms with Crippen molar-refractivity contribution < 1.29 is 18.0 Å². The van der Waals surface area contributed by atoms with Gasteiger partial charge in [-0.2, -0.15) is 0 Å². The molecule has 0 aromatic heterocycles. The molecule has 0 N–H and O–H groups in total. The highest BCUT2D eigenvalue weighted by Crippen LogP contribution is 2.38. The Morgan fingerprint density at radius 2 is 1.43 bits per heavy atom. The van der Waals surface area contributed by atoms with Crippen molar-refractivity contribution in [3.05, 3.63) is 29.8 Å². The lowest BCUT2D eigenvalue weighted by Crippen LogP contribution is -2.46. The molecule has 0 unspecified atom stereocenters. The molecule has 0 bridgehead atoms. The van der Waals surface area contributed by atoms with E-state index in [-0.39, 0.29) is 0 Å². The van der Waals surface area contributed by atoms with Crippen LogP contribution in [0.5, 0.6) is 5.75 Å². The predicted octanol–water partition coefficient (Wildman–Crippen LogP) is 6.82. The summed E-state index contributed by atoms with van der Waals surface area (Å²) in [6.07, 6.45) is 7.68. The van der Waals surface area contributed by atoms with E-state index in [1.54, 1.807) is 0 Å². The van der Waals surface area contributed by atoms with E-state index in [0.717, 1.165) is 36.0 Å². The molecule has 0 atom stereocenters. The van der Waals surface area contributed by atoms with E-state index in [1.165, 1.54) is 37.7 Å². The summed E-state index contributed by atoms with van der Waals surface area (Å²) in [5.74, 6) is 3.43. The van der Waals surface area contributed by atoms with Gasteiger partial charge in [-0.15, -0.1) is 0 Å². The van der Waals surface area contributed by atoms with E-state index in [9.17, 15) is 0 Å². The zero-order valence-corrected chi connectivity index (χ0v) is 21.0. The van der Waals surface area contributed by atoms with Gasteiger partial charge in [-0.05, 0) is 94.7 Å². The Morgan fingerprint density at radius 1 is 0.867 bits per heavy atom. The van der Waals surface area contributed by atoms with Crippen LogP contribution in [0.1, 0.15) is 84.6 Å². The molecule has 1 saturated carbocycles. The maximum Gasteiger partial charge on any atom is 0.501 e. The molecule has 0 amide bonds. The molecule has 0 aliphatic heterocycles. The van der Waals surface area contributed by atoms with Gasteiger partial charge in [-0.25, -0.2) is 0 Å². The van der Waals surface area contributed by atoms with Crippen molar-refractivity contribution in [2.24, 2.45) is 11.8 Å². The van der Waals surface area contributed by atoms with Crippen LogP contribution in [0.15, 0.2) is 24.3 Å². The van der Waals surface area contributed by atoms with Crippen molar-refractivity contribution in [1.82, 2.24) is 0 Å². The summed E-state index contributed by atoms with van der Waals surface area (Å²) >= 11 is 0. The van der Waals surface area contributed by atoms with E-state index < -0.39 is 8.80 Å². The van der Waals surface area contributed by atoms with E-state index in [2.05, 4.69) is 38.1 Å². The molecule has 0 saturated heterocycles. The third-order valence-corrected chi connectivity index (χ3v) is 9.14. The van der Waals surface area contributed by atoms with Gasteiger partial charge in [-0.1, -0.05) is 26.0 Å². The van der Waals surface area contributed by atoms with Crippen molar-refractivity contribution in [3.8, 4) is 5.75 Å². The number of rotatable bonds is 14. The Morgan fingerprint density at radius 3 is 1.93 bits per heavy atom. The van der Waals surface area contributed by atoms with Crippen molar-refractivity contribution in [2.75, 3.05) is 26.4 Å². The number of benzene rings is 1. The summed E-state index contributed by atoms with van der Waals surface area (Å²) in [6.45, 7) is 13.2. The normalized spacial score (nSPS) is 19.9. The second-order valence-electron chi connectivity index (χ2n) is 8.85. The summed E-state index contributed by atoms with van der Waals surface area (Å²) < 4.78 is 23.7. The monoisotopic (exact) mass is 436 g/mol. The van der Waals surface area contributed by atoms with E-state index in [4.69, 9.17) is 18.0 Å². The van der Waals surface area contributed by atoms with E-state index >= 15 is 0 Å². The van der Waals surface area contributed by atoms with Crippen LogP contribution >= 0.6 is 0 Å². The molecule has 30 heavy (non-hydrogen) atoms. The van der Waals surface area contributed by atoms with Crippen molar-refractivity contribution >= 4 is 8.80 Å². The predicted molar refractivity (Wildman–Crippen MR) is 126 cm³/mol. The third-order valence-electron chi connectivity index (χ3n) is 5.99. The highest BCUT2D eigenvalue weighted by molar-refractivity contribution is 6.60. The van der Waals surface area contributed by atoms with Gasteiger partial charge < -0.3 is 18.0 Å². The fourth-order valence-corrected chi connectivity index (χ4v) is 7.29.